The van der Waals surface area contributed by atoms with Crippen LogP contribution in [-0.4, -0.2) is 11.4 Å². The molecule has 0 saturated heterocycles. The standard InChI is InChI=1S/C4H2ClNO2/c5-4-1-3(2-7)8-6-4/h1-2H. The Bertz CT molecular complexity index is 196. The van der Waals surface area contributed by atoms with Crippen LogP contribution in [0.2, 0.25) is 5.15 Å². The zero-order valence-corrected chi connectivity index (χ0v) is 4.55. The second kappa shape index (κ2) is 1.96. The van der Waals surface area contributed by atoms with Crippen molar-refractivity contribution in [3.05, 3.63) is 17.0 Å². The molecule has 0 radical (unpaired) electrons. The van der Waals surface area contributed by atoms with Crippen molar-refractivity contribution in [3.63, 3.8) is 0 Å². The highest BCUT2D eigenvalue weighted by Crippen LogP contribution is 2.05. The molecule has 0 atom stereocenters. The van der Waals surface area contributed by atoms with Crippen molar-refractivity contribution in [1.29, 1.82) is 0 Å². The summed E-state index contributed by atoms with van der Waals surface area (Å²) in [6.45, 7) is 0. The molecule has 3 nitrogen and oxygen atoms in total. The van der Waals surface area contributed by atoms with Gasteiger partial charge in [-0.15, -0.1) is 0 Å². The quantitative estimate of drug-likeness (QED) is 0.537. The molecular formula is C4H2ClNO2. The number of carbonyl (C=O) groups is 1. The van der Waals surface area contributed by atoms with E-state index in [0.29, 0.717) is 6.29 Å². The molecule has 0 aliphatic heterocycles. The average Bonchev–Trinajstić information content (AvgIpc) is 2.14. The Hall–Kier alpha value is -0.830. The summed E-state index contributed by atoms with van der Waals surface area (Å²) in [5.41, 5.74) is 0. The van der Waals surface area contributed by atoms with E-state index in [9.17, 15) is 4.79 Å². The summed E-state index contributed by atoms with van der Waals surface area (Å²) in [6, 6.07) is 1.34. The van der Waals surface area contributed by atoms with Crippen molar-refractivity contribution in [1.82, 2.24) is 5.16 Å². The highest BCUT2D eigenvalue weighted by atomic mass is 35.5. The molecule has 1 rings (SSSR count). The highest BCUT2D eigenvalue weighted by Gasteiger charge is 1.96. The van der Waals surface area contributed by atoms with E-state index in [0.717, 1.165) is 0 Å². The van der Waals surface area contributed by atoms with E-state index in [1.54, 1.807) is 0 Å². The van der Waals surface area contributed by atoms with Gasteiger partial charge in [-0.3, -0.25) is 4.79 Å². The molecule has 0 spiro atoms. The molecule has 8 heavy (non-hydrogen) atoms. The van der Waals surface area contributed by atoms with Crippen molar-refractivity contribution >= 4 is 17.9 Å². The summed E-state index contributed by atoms with van der Waals surface area (Å²) >= 11 is 5.28. The minimum Gasteiger partial charge on any atom is -0.352 e. The van der Waals surface area contributed by atoms with Crippen molar-refractivity contribution in [2.75, 3.05) is 0 Å². The maximum absolute atomic E-state index is 9.83. The fourth-order valence-corrected chi connectivity index (χ4v) is 0.464. The summed E-state index contributed by atoms with van der Waals surface area (Å²) in [7, 11) is 0. The molecular weight excluding hydrogens is 130 g/mol. The first-order valence-corrected chi connectivity index (χ1v) is 2.28. The molecule has 1 aromatic heterocycles. The van der Waals surface area contributed by atoms with Gasteiger partial charge in [0.15, 0.2) is 11.4 Å². The molecule has 4 heteroatoms. The SMILES string of the molecule is O=Cc1cc(Cl)no1. The first kappa shape index (κ1) is 5.31. The molecule has 42 valence electrons. The number of hydrogen-bond acceptors (Lipinski definition) is 3. The maximum Gasteiger partial charge on any atom is 0.200 e. The lowest BCUT2D eigenvalue weighted by molar-refractivity contribution is 0.109. The zero-order valence-electron chi connectivity index (χ0n) is 3.80. The van der Waals surface area contributed by atoms with Gasteiger partial charge >= 0.3 is 0 Å². The molecule has 1 heterocycles. The largest absolute Gasteiger partial charge is 0.352 e. The summed E-state index contributed by atoms with van der Waals surface area (Å²) in [4.78, 5) is 9.83. The fraction of sp³-hybridized carbons (Fsp3) is 0. The van der Waals surface area contributed by atoms with E-state index in [-0.39, 0.29) is 10.9 Å². The van der Waals surface area contributed by atoms with Crippen molar-refractivity contribution < 1.29 is 9.32 Å². The van der Waals surface area contributed by atoms with Crippen LogP contribution in [-0.2, 0) is 0 Å². The van der Waals surface area contributed by atoms with Crippen molar-refractivity contribution in [2.24, 2.45) is 0 Å². The topological polar surface area (TPSA) is 43.1 Å². The average molecular weight is 132 g/mol. The number of aldehydes is 1. The Morgan fingerprint density at radius 1 is 1.88 bits per heavy atom. The van der Waals surface area contributed by atoms with Crippen molar-refractivity contribution in [2.45, 2.75) is 0 Å². The lowest BCUT2D eigenvalue weighted by atomic mass is 10.5. The second-order valence-electron chi connectivity index (χ2n) is 1.17. The van der Waals surface area contributed by atoms with Gasteiger partial charge in [-0.2, -0.15) is 0 Å². The van der Waals surface area contributed by atoms with Gasteiger partial charge in [-0.25, -0.2) is 0 Å². The Morgan fingerprint density at radius 2 is 2.62 bits per heavy atom. The molecule has 0 fully saturated rings. The fourth-order valence-electron chi connectivity index (χ4n) is 0.322. The van der Waals surface area contributed by atoms with Crippen LogP contribution in [0.4, 0.5) is 0 Å². The van der Waals surface area contributed by atoms with Gasteiger partial charge in [0.2, 0.25) is 5.76 Å². The van der Waals surface area contributed by atoms with Gasteiger partial charge in [0.1, 0.15) is 0 Å². The first-order chi connectivity index (χ1) is 3.83. The first-order valence-electron chi connectivity index (χ1n) is 1.90. The zero-order chi connectivity index (χ0) is 5.98. The van der Waals surface area contributed by atoms with Gasteiger partial charge in [0.05, 0.1) is 0 Å². The molecule has 0 aliphatic carbocycles. The molecule has 0 unspecified atom stereocenters. The molecule has 0 N–H and O–H groups in total. The number of carbonyl (C=O) groups excluding carboxylic acids is 1. The minimum absolute atomic E-state index is 0.148. The lowest BCUT2D eigenvalue weighted by Gasteiger charge is -1.64. The summed E-state index contributed by atoms with van der Waals surface area (Å²) in [5, 5.41) is 3.45. The van der Waals surface area contributed by atoms with Gasteiger partial charge in [0.25, 0.3) is 0 Å². The molecule has 0 amide bonds. The highest BCUT2D eigenvalue weighted by molar-refractivity contribution is 6.29. The predicted octanol–water partition coefficient (Wildman–Crippen LogP) is 1.14. The number of rotatable bonds is 1. The third kappa shape index (κ3) is 0.869. The van der Waals surface area contributed by atoms with Crippen LogP contribution in [0.1, 0.15) is 10.6 Å². The molecule has 1 aromatic rings. The third-order valence-corrected chi connectivity index (χ3v) is 0.794. The van der Waals surface area contributed by atoms with Crippen molar-refractivity contribution in [3.8, 4) is 0 Å². The normalized spacial score (nSPS) is 9.12. The second-order valence-corrected chi connectivity index (χ2v) is 1.56. The van der Waals surface area contributed by atoms with E-state index < -0.39 is 0 Å². The van der Waals surface area contributed by atoms with Crippen LogP contribution in [0, 0.1) is 0 Å². The molecule has 0 aromatic carbocycles. The van der Waals surface area contributed by atoms with Gasteiger partial charge in [0, 0.05) is 6.07 Å². The maximum atomic E-state index is 9.83. The molecule has 0 bridgehead atoms. The summed E-state index contributed by atoms with van der Waals surface area (Å²) < 4.78 is 4.36. The van der Waals surface area contributed by atoms with Gasteiger partial charge < -0.3 is 4.52 Å². The van der Waals surface area contributed by atoms with Gasteiger partial charge in [-0.05, 0) is 0 Å². The summed E-state index contributed by atoms with van der Waals surface area (Å²) in [5.74, 6) is 0.148. The van der Waals surface area contributed by atoms with E-state index in [1.807, 2.05) is 0 Å². The molecule has 0 saturated carbocycles. The number of nitrogens with zero attached hydrogens (tertiary/aromatic N) is 1. The van der Waals surface area contributed by atoms with Crippen LogP contribution >= 0.6 is 11.6 Å². The van der Waals surface area contributed by atoms with Crippen LogP contribution < -0.4 is 0 Å². The Kier molecular flexibility index (Phi) is 1.30. The van der Waals surface area contributed by atoms with Gasteiger partial charge in [-0.1, -0.05) is 16.8 Å². The minimum atomic E-state index is 0.148. The van der Waals surface area contributed by atoms with Crippen LogP contribution in [0.15, 0.2) is 10.6 Å². The number of hydrogen-bond donors (Lipinski definition) is 0. The van der Waals surface area contributed by atoms with E-state index in [1.165, 1.54) is 6.07 Å². The van der Waals surface area contributed by atoms with E-state index in [4.69, 9.17) is 11.6 Å². The smallest absolute Gasteiger partial charge is 0.200 e. The third-order valence-electron chi connectivity index (χ3n) is 0.616. The molecule has 0 aliphatic rings. The Labute approximate surface area is 50.2 Å². The Balaban J connectivity index is 3.00. The van der Waals surface area contributed by atoms with Crippen LogP contribution in [0.5, 0.6) is 0 Å². The number of aromatic nitrogens is 1. The Morgan fingerprint density at radius 3 is 2.88 bits per heavy atom. The van der Waals surface area contributed by atoms with E-state index in [2.05, 4.69) is 9.68 Å². The van der Waals surface area contributed by atoms with Crippen LogP contribution in [0.25, 0.3) is 0 Å². The lowest BCUT2D eigenvalue weighted by Crippen LogP contribution is -1.66. The predicted molar refractivity (Wildman–Crippen MR) is 26.9 cm³/mol. The van der Waals surface area contributed by atoms with E-state index >= 15 is 0 Å². The monoisotopic (exact) mass is 131 g/mol. The van der Waals surface area contributed by atoms with Crippen LogP contribution in [0.3, 0.4) is 0 Å². The number of halogens is 1. The summed E-state index contributed by atoms with van der Waals surface area (Å²) in [6.07, 6.45) is 0.541.